The molecule has 1 aromatic rings. The number of aromatic amines is 1. The van der Waals surface area contributed by atoms with E-state index in [1.54, 1.807) is 6.92 Å². The Morgan fingerprint density at radius 2 is 2.43 bits per heavy atom. The minimum atomic E-state index is -0.806. The van der Waals surface area contributed by atoms with Crippen LogP contribution in [-0.4, -0.2) is 31.5 Å². The first-order valence-corrected chi connectivity index (χ1v) is 5.30. The molecule has 1 aromatic heterocycles. The highest BCUT2D eigenvalue weighted by Crippen LogP contribution is 2.22. The van der Waals surface area contributed by atoms with Gasteiger partial charge in [0.1, 0.15) is 11.1 Å². The van der Waals surface area contributed by atoms with Gasteiger partial charge in [0.25, 0.3) is 0 Å². The SMILES string of the molecule is CCCC(Sc1n[nH]c(C)n1)C(=O)O. The van der Waals surface area contributed by atoms with Crippen molar-refractivity contribution in [1.82, 2.24) is 15.2 Å². The molecule has 0 saturated carbocycles. The molecule has 1 rings (SSSR count). The van der Waals surface area contributed by atoms with E-state index in [4.69, 9.17) is 5.11 Å². The number of carbonyl (C=O) groups is 1. The molecule has 0 aliphatic carbocycles. The lowest BCUT2D eigenvalue weighted by Crippen LogP contribution is -2.15. The van der Waals surface area contributed by atoms with Gasteiger partial charge in [-0.1, -0.05) is 25.1 Å². The molecule has 0 bridgehead atoms. The normalized spacial score (nSPS) is 12.7. The first-order valence-electron chi connectivity index (χ1n) is 4.42. The van der Waals surface area contributed by atoms with Crippen molar-refractivity contribution in [2.75, 3.05) is 0 Å². The summed E-state index contributed by atoms with van der Waals surface area (Å²) in [5.74, 6) is -0.104. The van der Waals surface area contributed by atoms with Crippen molar-refractivity contribution in [3.05, 3.63) is 5.82 Å². The Hall–Kier alpha value is -1.04. The number of H-pyrrole nitrogens is 1. The Kier molecular flexibility index (Phi) is 3.94. The molecule has 6 heteroatoms. The van der Waals surface area contributed by atoms with Crippen LogP contribution in [-0.2, 0) is 4.79 Å². The third kappa shape index (κ3) is 3.02. The number of aromatic nitrogens is 3. The van der Waals surface area contributed by atoms with Crippen LogP contribution in [0.2, 0.25) is 0 Å². The molecule has 2 N–H and O–H groups in total. The summed E-state index contributed by atoms with van der Waals surface area (Å²) < 4.78 is 0. The van der Waals surface area contributed by atoms with E-state index in [-0.39, 0.29) is 0 Å². The highest BCUT2D eigenvalue weighted by atomic mass is 32.2. The third-order valence-electron chi connectivity index (χ3n) is 1.65. The summed E-state index contributed by atoms with van der Waals surface area (Å²) in [5.41, 5.74) is 0. The summed E-state index contributed by atoms with van der Waals surface area (Å²) in [7, 11) is 0. The number of hydrogen-bond acceptors (Lipinski definition) is 4. The second-order valence-corrected chi connectivity index (χ2v) is 4.11. The molecular weight excluding hydrogens is 202 g/mol. The first kappa shape index (κ1) is 11.0. The van der Waals surface area contributed by atoms with Crippen molar-refractivity contribution in [2.24, 2.45) is 0 Å². The number of carboxylic acids is 1. The number of carboxylic acid groups (broad SMARTS) is 1. The first-order chi connectivity index (χ1) is 6.63. The number of rotatable bonds is 5. The van der Waals surface area contributed by atoms with Gasteiger partial charge in [-0.3, -0.25) is 9.89 Å². The second-order valence-electron chi connectivity index (χ2n) is 2.94. The van der Waals surface area contributed by atoms with Crippen LogP contribution < -0.4 is 0 Å². The fraction of sp³-hybridized carbons (Fsp3) is 0.625. The Balaban J connectivity index is 2.59. The van der Waals surface area contributed by atoms with Gasteiger partial charge >= 0.3 is 5.97 Å². The lowest BCUT2D eigenvalue weighted by Gasteiger charge is -2.06. The fourth-order valence-corrected chi connectivity index (χ4v) is 1.99. The van der Waals surface area contributed by atoms with E-state index < -0.39 is 11.2 Å². The molecule has 0 aliphatic rings. The molecule has 0 spiro atoms. The minimum absolute atomic E-state index is 0.449. The molecule has 1 unspecified atom stereocenters. The Morgan fingerprint density at radius 3 is 2.86 bits per heavy atom. The van der Waals surface area contributed by atoms with Crippen LogP contribution in [0, 0.1) is 6.92 Å². The molecule has 1 atom stereocenters. The third-order valence-corrected chi connectivity index (χ3v) is 2.77. The number of nitrogens with one attached hydrogen (secondary N) is 1. The van der Waals surface area contributed by atoms with E-state index in [1.165, 1.54) is 11.8 Å². The molecule has 0 amide bonds. The fourth-order valence-electron chi connectivity index (χ4n) is 0.997. The van der Waals surface area contributed by atoms with Crippen molar-refractivity contribution in [3.63, 3.8) is 0 Å². The zero-order chi connectivity index (χ0) is 10.6. The van der Waals surface area contributed by atoms with E-state index in [9.17, 15) is 4.79 Å². The van der Waals surface area contributed by atoms with E-state index in [2.05, 4.69) is 15.2 Å². The standard InChI is InChI=1S/C8H13N3O2S/c1-3-4-6(7(12)13)14-8-9-5(2)10-11-8/h6H,3-4H2,1-2H3,(H,12,13)(H,9,10,11). The maximum atomic E-state index is 10.8. The van der Waals surface area contributed by atoms with Gasteiger partial charge in [-0.05, 0) is 13.3 Å². The summed E-state index contributed by atoms with van der Waals surface area (Å²) in [4.78, 5) is 14.9. The average molecular weight is 215 g/mol. The topological polar surface area (TPSA) is 78.9 Å². The van der Waals surface area contributed by atoms with Crippen molar-refractivity contribution in [3.8, 4) is 0 Å². The van der Waals surface area contributed by atoms with Crippen molar-refractivity contribution in [2.45, 2.75) is 37.1 Å². The lowest BCUT2D eigenvalue weighted by atomic mass is 10.2. The number of thioether (sulfide) groups is 1. The number of aryl methyl sites for hydroxylation is 1. The summed E-state index contributed by atoms with van der Waals surface area (Å²) in [6, 6.07) is 0. The van der Waals surface area contributed by atoms with Crippen molar-refractivity contribution >= 4 is 17.7 Å². The van der Waals surface area contributed by atoms with Gasteiger partial charge in [0.15, 0.2) is 0 Å². The zero-order valence-electron chi connectivity index (χ0n) is 8.15. The highest BCUT2D eigenvalue weighted by Gasteiger charge is 2.19. The van der Waals surface area contributed by atoms with Gasteiger partial charge in [-0.2, -0.15) is 0 Å². The largest absolute Gasteiger partial charge is 0.480 e. The van der Waals surface area contributed by atoms with E-state index >= 15 is 0 Å². The molecule has 5 nitrogen and oxygen atoms in total. The summed E-state index contributed by atoms with van der Waals surface area (Å²) >= 11 is 1.19. The Morgan fingerprint density at radius 1 is 1.71 bits per heavy atom. The lowest BCUT2D eigenvalue weighted by molar-refractivity contribution is -0.136. The Labute approximate surface area is 86.3 Å². The zero-order valence-corrected chi connectivity index (χ0v) is 8.97. The molecular formula is C8H13N3O2S. The van der Waals surface area contributed by atoms with Crippen LogP contribution in [0.25, 0.3) is 0 Å². The molecule has 0 fully saturated rings. The van der Waals surface area contributed by atoms with Crippen LogP contribution in [0.5, 0.6) is 0 Å². The Bertz CT molecular complexity index is 313. The van der Waals surface area contributed by atoms with Gasteiger partial charge in [0.05, 0.1) is 0 Å². The predicted octanol–water partition coefficient (Wildman–Crippen LogP) is 1.46. The minimum Gasteiger partial charge on any atom is -0.480 e. The van der Waals surface area contributed by atoms with Gasteiger partial charge in [0.2, 0.25) is 5.16 Å². The maximum absolute atomic E-state index is 10.8. The predicted molar refractivity (Wildman–Crippen MR) is 53.3 cm³/mol. The summed E-state index contributed by atoms with van der Waals surface area (Å²) in [5, 5.41) is 15.5. The molecule has 0 saturated heterocycles. The average Bonchev–Trinajstić information content (AvgIpc) is 2.50. The van der Waals surface area contributed by atoms with Crippen LogP contribution >= 0.6 is 11.8 Å². The van der Waals surface area contributed by atoms with Crippen molar-refractivity contribution < 1.29 is 9.90 Å². The second kappa shape index (κ2) is 4.99. The summed E-state index contributed by atoms with van der Waals surface area (Å²) in [6.45, 7) is 3.74. The van der Waals surface area contributed by atoms with Crippen LogP contribution in [0.15, 0.2) is 5.16 Å². The van der Waals surface area contributed by atoms with E-state index in [1.807, 2.05) is 6.92 Å². The van der Waals surface area contributed by atoms with E-state index in [0.717, 1.165) is 6.42 Å². The quantitative estimate of drug-likeness (QED) is 0.727. The molecule has 1 heterocycles. The van der Waals surface area contributed by atoms with Gasteiger partial charge in [0, 0.05) is 0 Å². The van der Waals surface area contributed by atoms with Gasteiger partial charge in [-0.15, -0.1) is 5.10 Å². The number of hydrogen-bond donors (Lipinski definition) is 2. The van der Waals surface area contributed by atoms with Crippen LogP contribution in [0.1, 0.15) is 25.6 Å². The van der Waals surface area contributed by atoms with Crippen LogP contribution in [0.4, 0.5) is 0 Å². The summed E-state index contributed by atoms with van der Waals surface area (Å²) in [6.07, 6.45) is 1.47. The van der Waals surface area contributed by atoms with Crippen molar-refractivity contribution in [1.29, 1.82) is 0 Å². The number of aliphatic carboxylic acids is 1. The maximum Gasteiger partial charge on any atom is 0.317 e. The smallest absolute Gasteiger partial charge is 0.317 e. The van der Waals surface area contributed by atoms with E-state index in [0.29, 0.717) is 17.4 Å². The molecule has 78 valence electrons. The highest BCUT2D eigenvalue weighted by molar-refractivity contribution is 8.00. The van der Waals surface area contributed by atoms with Gasteiger partial charge < -0.3 is 5.11 Å². The molecule has 0 aliphatic heterocycles. The monoisotopic (exact) mass is 215 g/mol. The molecule has 14 heavy (non-hydrogen) atoms. The number of nitrogens with zero attached hydrogens (tertiary/aromatic N) is 2. The van der Waals surface area contributed by atoms with Gasteiger partial charge in [-0.25, -0.2) is 4.98 Å². The molecule has 0 aromatic carbocycles. The molecule has 0 radical (unpaired) electrons. The van der Waals surface area contributed by atoms with Crippen LogP contribution in [0.3, 0.4) is 0 Å².